The second kappa shape index (κ2) is 15.7. The molecule has 2 heteroatoms. The van der Waals surface area contributed by atoms with Gasteiger partial charge in [-0.25, -0.2) is 0 Å². The van der Waals surface area contributed by atoms with Crippen LogP contribution in [-0.4, -0.2) is 0 Å². The molecule has 66 heavy (non-hydrogen) atoms. The molecule has 1 fully saturated rings. The van der Waals surface area contributed by atoms with Crippen LogP contribution in [0.4, 0.5) is 17.1 Å². The lowest BCUT2D eigenvalue weighted by Gasteiger charge is -2.36. The minimum atomic E-state index is -0.516. The number of rotatable bonds is 8. The van der Waals surface area contributed by atoms with Gasteiger partial charge < -0.3 is 4.90 Å². The van der Waals surface area contributed by atoms with Gasteiger partial charge in [-0.2, -0.15) is 0 Å². The highest BCUT2D eigenvalue weighted by atomic mass is 32.1. The maximum Gasteiger partial charge on any atom is 0.0714 e. The Labute approximate surface area is 392 Å². The molecule has 0 bridgehead atoms. The molecule has 9 aromatic carbocycles. The van der Waals surface area contributed by atoms with Crippen LogP contribution in [-0.2, 0) is 10.8 Å². The number of benzene rings is 9. The van der Waals surface area contributed by atoms with Gasteiger partial charge in [0.05, 0.1) is 10.8 Å². The summed E-state index contributed by atoms with van der Waals surface area (Å²) in [6.07, 6.45) is 6.64. The van der Waals surface area contributed by atoms with Gasteiger partial charge in [-0.05, 0) is 139 Å². The molecule has 1 aromatic heterocycles. The van der Waals surface area contributed by atoms with Gasteiger partial charge in [0.15, 0.2) is 0 Å². The van der Waals surface area contributed by atoms with Crippen molar-refractivity contribution in [3.8, 4) is 22.3 Å². The van der Waals surface area contributed by atoms with Gasteiger partial charge in [0.2, 0.25) is 0 Å². The van der Waals surface area contributed by atoms with Crippen molar-refractivity contribution in [2.75, 3.05) is 4.90 Å². The third-order valence-corrected chi connectivity index (χ3v) is 16.5. The monoisotopic (exact) mass is 863 g/mol. The van der Waals surface area contributed by atoms with Crippen LogP contribution in [0.1, 0.15) is 87.4 Å². The Morgan fingerprint density at radius 3 is 1.21 bits per heavy atom. The number of thiophene rings is 1. The molecule has 1 saturated carbocycles. The van der Waals surface area contributed by atoms with Crippen LogP contribution in [0.3, 0.4) is 0 Å². The van der Waals surface area contributed by atoms with Crippen molar-refractivity contribution in [1.82, 2.24) is 0 Å². The summed E-state index contributed by atoms with van der Waals surface area (Å²) in [6.45, 7) is 0. The number of fused-ring (bicyclic) bond motifs is 7. The van der Waals surface area contributed by atoms with Crippen molar-refractivity contribution in [3.05, 3.63) is 280 Å². The number of hydrogen-bond donors (Lipinski definition) is 0. The van der Waals surface area contributed by atoms with E-state index < -0.39 is 10.8 Å². The van der Waals surface area contributed by atoms with Gasteiger partial charge in [-0.15, -0.1) is 11.3 Å². The molecule has 0 radical (unpaired) electrons. The molecular formula is C64H49NS. The first kappa shape index (κ1) is 39.1. The van der Waals surface area contributed by atoms with Crippen LogP contribution in [0.5, 0.6) is 0 Å². The Morgan fingerprint density at radius 2 is 0.742 bits per heavy atom. The van der Waals surface area contributed by atoms with E-state index in [1.165, 1.54) is 109 Å². The maximum atomic E-state index is 2.55. The smallest absolute Gasteiger partial charge is 0.0714 e. The van der Waals surface area contributed by atoms with E-state index in [2.05, 4.69) is 235 Å². The fourth-order valence-corrected chi connectivity index (χ4v) is 13.6. The fourth-order valence-electron chi connectivity index (χ4n) is 12.4. The van der Waals surface area contributed by atoms with Crippen LogP contribution in [0.2, 0.25) is 0 Å². The molecule has 0 amide bonds. The quantitative estimate of drug-likeness (QED) is 0.147. The number of nitrogens with zero attached hydrogens (tertiary/aromatic N) is 1. The molecule has 3 aliphatic carbocycles. The molecule has 10 aromatic rings. The molecule has 3 aliphatic rings. The van der Waals surface area contributed by atoms with Crippen LogP contribution in [0.15, 0.2) is 231 Å². The zero-order valence-electron chi connectivity index (χ0n) is 36.9. The topological polar surface area (TPSA) is 3.24 Å². The Balaban J connectivity index is 1.08. The molecular weight excluding hydrogens is 815 g/mol. The van der Waals surface area contributed by atoms with E-state index in [0.29, 0.717) is 5.92 Å². The molecule has 1 nitrogen and oxygen atoms in total. The van der Waals surface area contributed by atoms with E-state index in [1.807, 2.05) is 11.3 Å². The SMILES string of the molecule is c1ccc(C2(c3ccccc3)c3ccccc3-c3ccc(N(c4ccc5c(c4)C(c4ccccc4)(c4ccccc4)c4ccccc4-5)c4ccc5sc(C6CCCCC6)cc5c4)cc32)cc1. The first-order valence-electron chi connectivity index (χ1n) is 23.8. The van der Waals surface area contributed by atoms with Crippen molar-refractivity contribution in [2.24, 2.45) is 0 Å². The number of hydrogen-bond acceptors (Lipinski definition) is 2. The zero-order chi connectivity index (χ0) is 43.7. The van der Waals surface area contributed by atoms with Gasteiger partial charge >= 0.3 is 0 Å². The van der Waals surface area contributed by atoms with E-state index in [-0.39, 0.29) is 0 Å². The molecule has 0 saturated heterocycles. The fraction of sp³-hybridized carbons (Fsp3) is 0.125. The van der Waals surface area contributed by atoms with Gasteiger partial charge in [0.1, 0.15) is 0 Å². The van der Waals surface area contributed by atoms with E-state index >= 15 is 0 Å². The lowest BCUT2D eigenvalue weighted by atomic mass is 9.67. The highest BCUT2D eigenvalue weighted by Gasteiger charge is 2.48. The molecule has 0 atom stereocenters. The first-order chi connectivity index (χ1) is 32.7. The van der Waals surface area contributed by atoms with Gasteiger partial charge in [-0.1, -0.05) is 201 Å². The lowest BCUT2D eigenvalue weighted by Crippen LogP contribution is -2.29. The summed E-state index contributed by atoms with van der Waals surface area (Å²) in [7, 11) is 0. The predicted octanol–water partition coefficient (Wildman–Crippen LogP) is 17.1. The van der Waals surface area contributed by atoms with Gasteiger partial charge in [0.25, 0.3) is 0 Å². The average Bonchev–Trinajstić information content (AvgIpc) is 4.05. The highest BCUT2D eigenvalue weighted by molar-refractivity contribution is 7.19. The summed E-state index contributed by atoms with van der Waals surface area (Å²) < 4.78 is 1.37. The maximum absolute atomic E-state index is 2.55. The number of anilines is 3. The molecule has 316 valence electrons. The van der Waals surface area contributed by atoms with Crippen molar-refractivity contribution in [2.45, 2.75) is 48.9 Å². The largest absolute Gasteiger partial charge is 0.310 e. The van der Waals surface area contributed by atoms with E-state index in [4.69, 9.17) is 0 Å². The van der Waals surface area contributed by atoms with E-state index in [9.17, 15) is 0 Å². The zero-order valence-corrected chi connectivity index (χ0v) is 37.7. The predicted molar refractivity (Wildman–Crippen MR) is 277 cm³/mol. The summed E-state index contributed by atoms with van der Waals surface area (Å²) in [5, 5.41) is 1.33. The van der Waals surface area contributed by atoms with E-state index in [0.717, 1.165) is 17.1 Å². The Morgan fingerprint density at radius 1 is 0.348 bits per heavy atom. The van der Waals surface area contributed by atoms with Crippen molar-refractivity contribution >= 4 is 38.5 Å². The van der Waals surface area contributed by atoms with Crippen molar-refractivity contribution < 1.29 is 0 Å². The summed E-state index contributed by atoms with van der Waals surface area (Å²) >= 11 is 2.01. The van der Waals surface area contributed by atoms with Gasteiger partial charge in [0, 0.05) is 26.6 Å². The van der Waals surface area contributed by atoms with Crippen LogP contribution in [0, 0.1) is 0 Å². The third-order valence-electron chi connectivity index (χ3n) is 15.2. The third kappa shape index (κ3) is 5.84. The Bertz CT molecular complexity index is 3140. The molecule has 1 heterocycles. The first-order valence-corrected chi connectivity index (χ1v) is 24.6. The second-order valence-corrected chi connectivity index (χ2v) is 19.7. The summed E-state index contributed by atoms with van der Waals surface area (Å²) in [6, 6.07) is 87.2. The molecule has 0 N–H and O–H groups in total. The second-order valence-electron chi connectivity index (χ2n) is 18.6. The van der Waals surface area contributed by atoms with Crippen LogP contribution < -0.4 is 4.90 Å². The average molecular weight is 864 g/mol. The normalized spacial score (nSPS) is 15.5. The molecule has 0 aliphatic heterocycles. The molecule has 13 rings (SSSR count). The van der Waals surface area contributed by atoms with Crippen molar-refractivity contribution in [1.29, 1.82) is 0 Å². The minimum Gasteiger partial charge on any atom is -0.310 e. The molecule has 0 spiro atoms. The summed E-state index contributed by atoms with van der Waals surface area (Å²) in [5.74, 6) is 0.667. The highest BCUT2D eigenvalue weighted by Crippen LogP contribution is 2.59. The minimum absolute atomic E-state index is 0.516. The Hall–Kier alpha value is -7.26. The van der Waals surface area contributed by atoms with Gasteiger partial charge in [-0.3, -0.25) is 0 Å². The van der Waals surface area contributed by atoms with Crippen LogP contribution >= 0.6 is 11.3 Å². The van der Waals surface area contributed by atoms with E-state index in [1.54, 1.807) is 4.88 Å². The standard InChI is InChI=1S/C64H49NS/c1-6-20-44(21-7-1)62-41-45-40-50(36-39-61(45)66-62)65(51-34-37-55-53-30-16-18-32-57(53)63(59(55)42-51,46-22-8-2-9-23-46)47-24-10-3-11-25-47)52-35-38-56-54-31-17-19-33-58(54)64(60(56)43-52,48-26-12-4-13-27-48)49-28-14-5-15-29-49/h2-5,8-19,22-44H,1,6-7,20-21H2. The summed E-state index contributed by atoms with van der Waals surface area (Å²) in [4.78, 5) is 4.09. The van der Waals surface area contributed by atoms with Crippen molar-refractivity contribution in [3.63, 3.8) is 0 Å². The molecule has 0 unspecified atom stereocenters. The lowest BCUT2D eigenvalue weighted by molar-refractivity contribution is 0.448. The Kier molecular flexibility index (Phi) is 9.32. The summed E-state index contributed by atoms with van der Waals surface area (Å²) in [5.41, 5.74) is 17.9. The van der Waals surface area contributed by atoms with Crippen LogP contribution in [0.25, 0.3) is 32.3 Å².